The molecular formula is C15H15ClFNO. The molecule has 1 atom stereocenters. The molecule has 2 rings (SSSR count). The zero-order valence-electron chi connectivity index (χ0n) is 10.4. The van der Waals surface area contributed by atoms with Gasteiger partial charge in [-0.05, 0) is 23.8 Å². The summed E-state index contributed by atoms with van der Waals surface area (Å²) in [5, 5.41) is 0.648. The van der Waals surface area contributed by atoms with E-state index in [9.17, 15) is 4.39 Å². The zero-order valence-corrected chi connectivity index (χ0v) is 11.1. The lowest BCUT2D eigenvalue weighted by Crippen LogP contribution is -2.20. The van der Waals surface area contributed by atoms with Gasteiger partial charge in [-0.2, -0.15) is 0 Å². The SMILES string of the molecule is NCC(COc1ccccc1F)c1ccccc1Cl. The van der Waals surface area contributed by atoms with Crippen LogP contribution in [0.25, 0.3) is 0 Å². The van der Waals surface area contributed by atoms with Gasteiger partial charge in [0.25, 0.3) is 0 Å². The van der Waals surface area contributed by atoms with Gasteiger partial charge in [0.05, 0.1) is 6.61 Å². The van der Waals surface area contributed by atoms with Gasteiger partial charge >= 0.3 is 0 Å². The molecule has 100 valence electrons. The molecule has 0 saturated heterocycles. The summed E-state index contributed by atoms with van der Waals surface area (Å²) in [6, 6.07) is 13.8. The topological polar surface area (TPSA) is 35.2 Å². The van der Waals surface area contributed by atoms with Crippen LogP contribution in [0.1, 0.15) is 11.5 Å². The van der Waals surface area contributed by atoms with Gasteiger partial charge in [-0.3, -0.25) is 0 Å². The summed E-state index contributed by atoms with van der Waals surface area (Å²) in [6.07, 6.45) is 0. The number of benzene rings is 2. The lowest BCUT2D eigenvalue weighted by Gasteiger charge is -2.17. The molecule has 0 saturated carbocycles. The van der Waals surface area contributed by atoms with Crippen molar-refractivity contribution in [1.82, 2.24) is 0 Å². The highest BCUT2D eigenvalue weighted by atomic mass is 35.5. The summed E-state index contributed by atoms with van der Waals surface area (Å²) >= 11 is 6.13. The van der Waals surface area contributed by atoms with Crippen LogP contribution >= 0.6 is 11.6 Å². The Morgan fingerprint density at radius 3 is 2.47 bits per heavy atom. The van der Waals surface area contributed by atoms with Crippen molar-refractivity contribution in [3.8, 4) is 5.75 Å². The second-order valence-electron chi connectivity index (χ2n) is 4.20. The van der Waals surface area contributed by atoms with E-state index in [1.165, 1.54) is 6.07 Å². The van der Waals surface area contributed by atoms with Gasteiger partial charge in [-0.25, -0.2) is 4.39 Å². The molecule has 0 aliphatic rings. The van der Waals surface area contributed by atoms with Gasteiger partial charge in [-0.1, -0.05) is 41.9 Å². The molecule has 2 aromatic carbocycles. The molecule has 0 spiro atoms. The molecule has 0 bridgehead atoms. The molecule has 0 aliphatic carbocycles. The summed E-state index contributed by atoms with van der Waals surface area (Å²) in [7, 11) is 0. The van der Waals surface area contributed by atoms with E-state index in [4.69, 9.17) is 22.1 Å². The monoisotopic (exact) mass is 279 g/mol. The zero-order chi connectivity index (χ0) is 13.7. The molecule has 0 radical (unpaired) electrons. The fourth-order valence-electron chi connectivity index (χ4n) is 1.84. The van der Waals surface area contributed by atoms with Crippen LogP contribution < -0.4 is 10.5 Å². The average molecular weight is 280 g/mol. The fourth-order valence-corrected chi connectivity index (χ4v) is 2.13. The van der Waals surface area contributed by atoms with Gasteiger partial charge in [0, 0.05) is 17.5 Å². The number of nitrogens with two attached hydrogens (primary N) is 1. The number of hydrogen-bond acceptors (Lipinski definition) is 2. The van der Waals surface area contributed by atoms with Crippen molar-refractivity contribution in [2.24, 2.45) is 5.73 Å². The second kappa shape index (κ2) is 6.55. The third-order valence-electron chi connectivity index (χ3n) is 2.91. The number of ether oxygens (including phenoxy) is 1. The minimum absolute atomic E-state index is 0.0618. The normalized spacial score (nSPS) is 12.2. The van der Waals surface area contributed by atoms with E-state index in [-0.39, 0.29) is 17.5 Å². The van der Waals surface area contributed by atoms with Crippen molar-refractivity contribution in [1.29, 1.82) is 0 Å². The molecule has 2 aromatic rings. The summed E-state index contributed by atoms with van der Waals surface area (Å²) in [5.41, 5.74) is 6.66. The van der Waals surface area contributed by atoms with Crippen LogP contribution in [0.5, 0.6) is 5.75 Å². The van der Waals surface area contributed by atoms with E-state index in [0.717, 1.165) is 5.56 Å². The first kappa shape index (κ1) is 13.8. The molecule has 4 heteroatoms. The molecule has 0 fully saturated rings. The largest absolute Gasteiger partial charge is 0.490 e. The summed E-state index contributed by atoms with van der Waals surface area (Å²) in [6.45, 7) is 0.680. The molecule has 0 amide bonds. The van der Waals surface area contributed by atoms with E-state index in [0.29, 0.717) is 18.2 Å². The predicted molar refractivity (Wildman–Crippen MR) is 75.1 cm³/mol. The van der Waals surface area contributed by atoms with Crippen LogP contribution in [-0.2, 0) is 0 Å². The van der Waals surface area contributed by atoms with Crippen LogP contribution in [0.15, 0.2) is 48.5 Å². The fraction of sp³-hybridized carbons (Fsp3) is 0.200. The first-order valence-electron chi connectivity index (χ1n) is 6.04. The molecule has 0 aromatic heterocycles. The van der Waals surface area contributed by atoms with Crippen molar-refractivity contribution in [3.63, 3.8) is 0 Å². The molecule has 1 unspecified atom stereocenters. The minimum atomic E-state index is -0.377. The van der Waals surface area contributed by atoms with Gasteiger partial charge in [0.15, 0.2) is 11.6 Å². The quantitative estimate of drug-likeness (QED) is 0.908. The number of para-hydroxylation sites is 1. The second-order valence-corrected chi connectivity index (χ2v) is 4.60. The Morgan fingerprint density at radius 1 is 1.11 bits per heavy atom. The smallest absolute Gasteiger partial charge is 0.165 e. The molecular weight excluding hydrogens is 265 g/mol. The van der Waals surface area contributed by atoms with Crippen LogP contribution in [-0.4, -0.2) is 13.2 Å². The predicted octanol–water partition coefficient (Wildman–Crippen LogP) is 3.60. The van der Waals surface area contributed by atoms with Gasteiger partial charge < -0.3 is 10.5 Å². The van der Waals surface area contributed by atoms with Crippen LogP contribution in [0, 0.1) is 5.82 Å². The van der Waals surface area contributed by atoms with Crippen molar-refractivity contribution in [2.45, 2.75) is 5.92 Å². The van der Waals surface area contributed by atoms with E-state index in [2.05, 4.69) is 0 Å². The van der Waals surface area contributed by atoms with Crippen molar-refractivity contribution in [3.05, 3.63) is 64.9 Å². The minimum Gasteiger partial charge on any atom is -0.490 e. The summed E-state index contributed by atoms with van der Waals surface area (Å²) in [4.78, 5) is 0. The van der Waals surface area contributed by atoms with Crippen molar-refractivity contribution < 1.29 is 9.13 Å². The third kappa shape index (κ3) is 3.46. The highest BCUT2D eigenvalue weighted by molar-refractivity contribution is 6.31. The van der Waals surface area contributed by atoms with Gasteiger partial charge in [0.2, 0.25) is 0 Å². The molecule has 0 aliphatic heterocycles. The summed E-state index contributed by atoms with van der Waals surface area (Å²) in [5.74, 6) is -0.210. The maximum Gasteiger partial charge on any atom is 0.165 e. The summed E-state index contributed by atoms with van der Waals surface area (Å²) < 4.78 is 18.9. The van der Waals surface area contributed by atoms with Crippen LogP contribution in [0.2, 0.25) is 5.02 Å². The van der Waals surface area contributed by atoms with E-state index >= 15 is 0 Å². The third-order valence-corrected chi connectivity index (χ3v) is 3.25. The lowest BCUT2D eigenvalue weighted by atomic mass is 10.0. The Morgan fingerprint density at radius 2 is 1.79 bits per heavy atom. The van der Waals surface area contributed by atoms with Crippen LogP contribution in [0.4, 0.5) is 4.39 Å². The Hall–Kier alpha value is -1.58. The number of hydrogen-bond donors (Lipinski definition) is 1. The molecule has 2 nitrogen and oxygen atoms in total. The van der Waals surface area contributed by atoms with E-state index in [1.807, 2.05) is 24.3 Å². The highest BCUT2D eigenvalue weighted by Crippen LogP contribution is 2.25. The number of rotatable bonds is 5. The lowest BCUT2D eigenvalue weighted by molar-refractivity contribution is 0.277. The van der Waals surface area contributed by atoms with Gasteiger partial charge in [-0.15, -0.1) is 0 Å². The molecule has 2 N–H and O–H groups in total. The first-order chi connectivity index (χ1) is 9.22. The van der Waals surface area contributed by atoms with Crippen molar-refractivity contribution >= 4 is 11.6 Å². The Bertz CT molecular complexity index is 547. The Kier molecular flexibility index (Phi) is 4.77. The molecule has 19 heavy (non-hydrogen) atoms. The highest BCUT2D eigenvalue weighted by Gasteiger charge is 2.14. The van der Waals surface area contributed by atoms with E-state index in [1.54, 1.807) is 18.2 Å². The Labute approximate surface area is 117 Å². The van der Waals surface area contributed by atoms with Crippen molar-refractivity contribution in [2.75, 3.05) is 13.2 Å². The van der Waals surface area contributed by atoms with E-state index < -0.39 is 0 Å². The van der Waals surface area contributed by atoms with Crippen LogP contribution in [0.3, 0.4) is 0 Å². The maximum atomic E-state index is 13.4. The van der Waals surface area contributed by atoms with Gasteiger partial charge in [0.1, 0.15) is 0 Å². The number of halogens is 2. The maximum absolute atomic E-state index is 13.4. The molecule has 0 heterocycles. The average Bonchev–Trinajstić information content (AvgIpc) is 2.43. The first-order valence-corrected chi connectivity index (χ1v) is 6.42. The standard InChI is InChI=1S/C15H15ClFNO/c16-13-6-2-1-5-12(13)11(9-18)10-19-15-8-4-3-7-14(15)17/h1-8,11H,9-10,18H2. The Balaban J connectivity index is 2.09.